The Balaban J connectivity index is 2.38. The maximum absolute atomic E-state index is 13.4. The zero-order chi connectivity index (χ0) is 15.6. The molecule has 1 aromatic heterocycles. The number of pyridine rings is 1. The highest BCUT2D eigenvalue weighted by Crippen LogP contribution is 2.22. The van der Waals surface area contributed by atoms with Crippen molar-refractivity contribution in [2.45, 2.75) is 4.90 Å². The third kappa shape index (κ3) is 2.95. The number of sulfonamides is 1. The molecule has 0 amide bonds. The third-order valence-electron chi connectivity index (χ3n) is 2.44. The predicted octanol–water partition coefficient (Wildman–Crippen LogP) is 2.17. The van der Waals surface area contributed by atoms with E-state index in [1.807, 2.05) is 0 Å². The van der Waals surface area contributed by atoms with Crippen molar-refractivity contribution in [1.29, 1.82) is 5.26 Å². The van der Waals surface area contributed by atoms with Crippen LogP contribution in [0.3, 0.4) is 0 Å². The van der Waals surface area contributed by atoms with Crippen molar-refractivity contribution in [2.75, 3.05) is 4.72 Å². The standard InChI is InChI=1S/C12H6F3N3O2S/c13-9-3-4-10(12(15)11(9)14)18-21(19,20)8-2-1-7(5-16)17-6-8/h1-4,6,18H. The van der Waals surface area contributed by atoms with E-state index in [2.05, 4.69) is 4.98 Å². The van der Waals surface area contributed by atoms with Crippen LogP contribution in [0.25, 0.3) is 0 Å². The van der Waals surface area contributed by atoms with E-state index < -0.39 is 33.2 Å². The maximum atomic E-state index is 13.4. The van der Waals surface area contributed by atoms with E-state index in [4.69, 9.17) is 5.26 Å². The van der Waals surface area contributed by atoms with Crippen molar-refractivity contribution in [2.24, 2.45) is 0 Å². The quantitative estimate of drug-likeness (QED) is 0.880. The number of hydrogen-bond donors (Lipinski definition) is 1. The van der Waals surface area contributed by atoms with Crippen LogP contribution in [-0.4, -0.2) is 13.4 Å². The molecule has 0 aliphatic rings. The highest BCUT2D eigenvalue weighted by Gasteiger charge is 2.20. The summed E-state index contributed by atoms with van der Waals surface area (Å²) in [5.74, 6) is -4.87. The molecular weight excluding hydrogens is 307 g/mol. The summed E-state index contributed by atoms with van der Waals surface area (Å²) in [5.41, 5.74) is -0.744. The van der Waals surface area contributed by atoms with Crippen LogP contribution < -0.4 is 4.72 Å². The normalized spacial score (nSPS) is 11.0. The molecule has 1 N–H and O–H groups in total. The first kappa shape index (κ1) is 14.8. The van der Waals surface area contributed by atoms with E-state index in [1.54, 1.807) is 10.8 Å². The Morgan fingerprint density at radius 1 is 1.10 bits per heavy atom. The Bertz CT molecular complexity index is 830. The number of nitrogens with zero attached hydrogens (tertiary/aromatic N) is 2. The van der Waals surface area contributed by atoms with E-state index in [1.165, 1.54) is 0 Å². The molecule has 1 heterocycles. The number of nitrogens with one attached hydrogen (secondary N) is 1. The molecule has 0 bridgehead atoms. The minimum absolute atomic E-state index is 0.00652. The zero-order valence-corrected chi connectivity index (χ0v) is 11.0. The third-order valence-corrected chi connectivity index (χ3v) is 3.79. The van der Waals surface area contributed by atoms with Crippen LogP contribution in [0.2, 0.25) is 0 Å². The number of aromatic nitrogens is 1. The molecule has 0 spiro atoms. The smallest absolute Gasteiger partial charge is 0.263 e. The van der Waals surface area contributed by atoms with Crippen molar-refractivity contribution in [3.8, 4) is 6.07 Å². The Morgan fingerprint density at radius 2 is 1.81 bits per heavy atom. The summed E-state index contributed by atoms with van der Waals surface area (Å²) < 4.78 is 64.9. The molecule has 21 heavy (non-hydrogen) atoms. The minimum atomic E-state index is -4.24. The zero-order valence-electron chi connectivity index (χ0n) is 10.1. The van der Waals surface area contributed by atoms with Gasteiger partial charge in [0.15, 0.2) is 17.5 Å². The van der Waals surface area contributed by atoms with Gasteiger partial charge in [0.1, 0.15) is 16.7 Å². The van der Waals surface area contributed by atoms with E-state index >= 15 is 0 Å². The molecule has 0 aliphatic heterocycles. The van der Waals surface area contributed by atoms with Crippen LogP contribution in [0.1, 0.15) is 5.69 Å². The Morgan fingerprint density at radius 3 is 2.38 bits per heavy atom. The van der Waals surface area contributed by atoms with Gasteiger partial charge in [0.25, 0.3) is 10.0 Å². The van der Waals surface area contributed by atoms with E-state index in [9.17, 15) is 21.6 Å². The largest absolute Gasteiger partial charge is 0.276 e. The van der Waals surface area contributed by atoms with Gasteiger partial charge in [0.2, 0.25) is 0 Å². The van der Waals surface area contributed by atoms with Gasteiger partial charge >= 0.3 is 0 Å². The lowest BCUT2D eigenvalue weighted by Crippen LogP contribution is -2.15. The Labute approximate surface area is 117 Å². The average molecular weight is 313 g/mol. The monoisotopic (exact) mass is 313 g/mol. The van der Waals surface area contributed by atoms with Gasteiger partial charge in [-0.3, -0.25) is 4.72 Å². The molecule has 2 aromatic rings. The second kappa shape index (κ2) is 5.41. The Kier molecular flexibility index (Phi) is 3.82. The first-order valence-electron chi connectivity index (χ1n) is 5.37. The predicted molar refractivity (Wildman–Crippen MR) is 66.1 cm³/mol. The summed E-state index contributed by atoms with van der Waals surface area (Å²) in [6.07, 6.45) is 0.888. The van der Waals surface area contributed by atoms with Crippen LogP contribution in [0, 0.1) is 28.8 Å². The van der Waals surface area contributed by atoms with Crippen LogP contribution in [-0.2, 0) is 10.0 Å². The van der Waals surface area contributed by atoms with E-state index in [-0.39, 0.29) is 10.6 Å². The number of benzene rings is 1. The molecule has 0 fully saturated rings. The van der Waals surface area contributed by atoms with E-state index in [0.29, 0.717) is 6.07 Å². The number of rotatable bonds is 3. The van der Waals surface area contributed by atoms with Gasteiger partial charge in [0, 0.05) is 6.20 Å². The fourth-order valence-corrected chi connectivity index (χ4v) is 2.42. The van der Waals surface area contributed by atoms with Gasteiger partial charge < -0.3 is 0 Å². The van der Waals surface area contributed by atoms with Crippen LogP contribution >= 0.6 is 0 Å². The summed E-state index contributed by atoms with van der Waals surface area (Å²) in [7, 11) is -4.24. The van der Waals surface area contributed by atoms with Crippen molar-refractivity contribution in [3.63, 3.8) is 0 Å². The highest BCUT2D eigenvalue weighted by atomic mass is 32.2. The fourth-order valence-electron chi connectivity index (χ4n) is 1.41. The molecule has 1 aromatic carbocycles. The van der Waals surface area contributed by atoms with Crippen molar-refractivity contribution >= 4 is 15.7 Å². The summed E-state index contributed by atoms with van der Waals surface area (Å²) >= 11 is 0. The molecular formula is C12H6F3N3O2S. The second-order valence-electron chi connectivity index (χ2n) is 3.82. The molecule has 0 aliphatic carbocycles. The van der Waals surface area contributed by atoms with E-state index in [0.717, 1.165) is 24.4 Å². The molecule has 5 nitrogen and oxygen atoms in total. The number of nitriles is 1. The number of hydrogen-bond acceptors (Lipinski definition) is 4. The molecule has 0 atom stereocenters. The van der Waals surface area contributed by atoms with Crippen LogP contribution in [0.5, 0.6) is 0 Å². The van der Waals surface area contributed by atoms with Crippen LogP contribution in [0.4, 0.5) is 18.9 Å². The first-order chi connectivity index (χ1) is 9.85. The van der Waals surface area contributed by atoms with Gasteiger partial charge in [-0.15, -0.1) is 0 Å². The molecule has 0 saturated heterocycles. The molecule has 108 valence electrons. The second-order valence-corrected chi connectivity index (χ2v) is 5.50. The summed E-state index contributed by atoms with van der Waals surface area (Å²) in [5, 5.41) is 8.56. The Hall–Kier alpha value is -2.60. The summed E-state index contributed by atoms with van der Waals surface area (Å²) in [6.45, 7) is 0. The maximum Gasteiger partial charge on any atom is 0.263 e. The van der Waals surface area contributed by atoms with Gasteiger partial charge in [-0.05, 0) is 24.3 Å². The lowest BCUT2D eigenvalue weighted by atomic mass is 10.3. The minimum Gasteiger partial charge on any atom is -0.276 e. The van der Waals surface area contributed by atoms with Crippen molar-refractivity contribution in [3.05, 3.63) is 53.6 Å². The molecule has 2 rings (SSSR count). The number of anilines is 1. The molecule has 0 saturated carbocycles. The first-order valence-corrected chi connectivity index (χ1v) is 6.86. The van der Waals surface area contributed by atoms with Gasteiger partial charge in [-0.1, -0.05) is 0 Å². The molecule has 9 heteroatoms. The topological polar surface area (TPSA) is 82.8 Å². The summed E-state index contributed by atoms with van der Waals surface area (Å²) in [6, 6.07) is 5.27. The highest BCUT2D eigenvalue weighted by molar-refractivity contribution is 7.92. The molecule has 0 unspecified atom stereocenters. The summed E-state index contributed by atoms with van der Waals surface area (Å²) in [4.78, 5) is 3.20. The van der Waals surface area contributed by atoms with Crippen molar-refractivity contribution in [1.82, 2.24) is 4.98 Å². The lowest BCUT2D eigenvalue weighted by molar-refractivity contribution is 0.449. The SMILES string of the molecule is N#Cc1ccc(S(=O)(=O)Nc2ccc(F)c(F)c2F)cn1. The van der Waals surface area contributed by atoms with Crippen LogP contribution in [0.15, 0.2) is 35.4 Å². The fraction of sp³-hybridized carbons (Fsp3) is 0. The number of halogens is 3. The van der Waals surface area contributed by atoms with Gasteiger partial charge in [-0.25, -0.2) is 26.6 Å². The average Bonchev–Trinajstić information content (AvgIpc) is 2.48. The van der Waals surface area contributed by atoms with Gasteiger partial charge in [-0.2, -0.15) is 5.26 Å². The lowest BCUT2D eigenvalue weighted by Gasteiger charge is -2.09. The van der Waals surface area contributed by atoms with Crippen molar-refractivity contribution < 1.29 is 21.6 Å². The van der Waals surface area contributed by atoms with Gasteiger partial charge in [0.05, 0.1) is 5.69 Å². The molecule has 0 radical (unpaired) electrons.